The minimum Gasteiger partial charge on any atom is -0.312 e. The van der Waals surface area contributed by atoms with E-state index in [2.05, 4.69) is 4.72 Å². The summed E-state index contributed by atoms with van der Waals surface area (Å²) in [4.78, 5) is 14.3. The van der Waals surface area contributed by atoms with Gasteiger partial charge in [0.05, 0.1) is 4.90 Å². The zero-order chi connectivity index (χ0) is 17.6. The van der Waals surface area contributed by atoms with Crippen molar-refractivity contribution in [2.24, 2.45) is 5.92 Å². The van der Waals surface area contributed by atoms with Gasteiger partial charge in [-0.1, -0.05) is 11.6 Å². The molecular weight excluding hydrogens is 360 g/mol. The number of benzene rings is 2. The van der Waals surface area contributed by atoms with Crippen molar-refractivity contribution < 1.29 is 13.2 Å². The number of nitrogens with one attached hydrogen (secondary N) is 1. The molecule has 2 aliphatic rings. The van der Waals surface area contributed by atoms with Gasteiger partial charge in [-0.3, -0.25) is 9.52 Å². The van der Waals surface area contributed by atoms with Crippen LogP contribution in [-0.4, -0.2) is 20.9 Å². The molecule has 0 spiro atoms. The molecule has 2 aromatic rings. The molecule has 2 aromatic carbocycles. The molecule has 0 bridgehead atoms. The third-order valence-corrected chi connectivity index (χ3v) is 6.18. The van der Waals surface area contributed by atoms with Gasteiger partial charge in [-0.15, -0.1) is 0 Å². The molecule has 4 rings (SSSR count). The highest BCUT2D eigenvalue weighted by atomic mass is 35.5. The molecule has 0 radical (unpaired) electrons. The van der Waals surface area contributed by atoms with E-state index in [1.54, 1.807) is 47.4 Å². The van der Waals surface area contributed by atoms with Crippen LogP contribution in [0.5, 0.6) is 0 Å². The number of anilines is 2. The fourth-order valence-corrected chi connectivity index (χ4v) is 4.29. The van der Waals surface area contributed by atoms with Gasteiger partial charge >= 0.3 is 0 Å². The summed E-state index contributed by atoms with van der Waals surface area (Å²) in [6, 6.07) is 11.4. The van der Waals surface area contributed by atoms with E-state index < -0.39 is 10.0 Å². The second kappa shape index (κ2) is 6.04. The summed E-state index contributed by atoms with van der Waals surface area (Å²) in [5.74, 6) is 0.314. The predicted molar refractivity (Wildman–Crippen MR) is 97.5 cm³/mol. The van der Waals surface area contributed by atoms with Crippen molar-refractivity contribution in [3.05, 3.63) is 53.1 Å². The number of nitrogens with zero attached hydrogens (tertiary/aromatic N) is 1. The van der Waals surface area contributed by atoms with Gasteiger partial charge < -0.3 is 4.90 Å². The number of carbonyl (C=O) groups excluding carboxylic acids is 1. The Morgan fingerprint density at radius 1 is 1.12 bits per heavy atom. The third kappa shape index (κ3) is 3.24. The van der Waals surface area contributed by atoms with E-state index >= 15 is 0 Å². The van der Waals surface area contributed by atoms with E-state index in [4.69, 9.17) is 11.6 Å². The molecule has 5 nitrogen and oxygen atoms in total. The third-order valence-electron chi connectivity index (χ3n) is 4.55. The van der Waals surface area contributed by atoms with Gasteiger partial charge in [0, 0.05) is 28.9 Å². The van der Waals surface area contributed by atoms with Crippen LogP contribution in [0.3, 0.4) is 0 Å². The molecule has 0 aromatic heterocycles. The average Bonchev–Trinajstić information content (AvgIpc) is 3.35. The number of fused-ring (bicyclic) bond motifs is 1. The number of carbonyl (C=O) groups is 1. The fourth-order valence-electron chi connectivity index (χ4n) is 3.06. The second-order valence-electron chi connectivity index (χ2n) is 6.42. The Morgan fingerprint density at radius 3 is 2.52 bits per heavy atom. The molecule has 0 unspecified atom stereocenters. The second-order valence-corrected chi connectivity index (χ2v) is 8.54. The highest BCUT2D eigenvalue weighted by molar-refractivity contribution is 7.92. The van der Waals surface area contributed by atoms with Crippen LogP contribution in [0.2, 0.25) is 5.02 Å². The average molecular weight is 377 g/mol. The zero-order valence-corrected chi connectivity index (χ0v) is 15.0. The quantitative estimate of drug-likeness (QED) is 0.888. The lowest BCUT2D eigenvalue weighted by molar-refractivity contribution is -0.119. The summed E-state index contributed by atoms with van der Waals surface area (Å²) in [6.07, 6.45) is 2.60. The van der Waals surface area contributed by atoms with Crippen molar-refractivity contribution in [2.45, 2.75) is 24.2 Å². The maximum atomic E-state index is 12.6. The Morgan fingerprint density at radius 2 is 1.84 bits per heavy atom. The van der Waals surface area contributed by atoms with Crippen LogP contribution in [0.1, 0.15) is 18.4 Å². The minimum atomic E-state index is -3.69. The summed E-state index contributed by atoms with van der Waals surface area (Å²) in [7, 11) is -3.69. The van der Waals surface area contributed by atoms with Crippen molar-refractivity contribution in [3.8, 4) is 0 Å². The van der Waals surface area contributed by atoms with Gasteiger partial charge in [0.2, 0.25) is 5.91 Å². The SMILES string of the molecule is O=C(C1CC1)N1CCc2cc(S(=O)(=O)Nc3ccc(Cl)cc3)ccc21. The van der Waals surface area contributed by atoms with Crippen LogP contribution in [-0.2, 0) is 21.2 Å². The monoisotopic (exact) mass is 376 g/mol. The number of hydrogen-bond donors (Lipinski definition) is 1. The summed E-state index contributed by atoms with van der Waals surface area (Å²) in [6.45, 7) is 0.624. The first kappa shape index (κ1) is 16.4. The molecule has 1 N–H and O–H groups in total. The number of hydrogen-bond acceptors (Lipinski definition) is 3. The summed E-state index contributed by atoms with van der Waals surface area (Å²) in [5.41, 5.74) is 2.19. The van der Waals surface area contributed by atoms with Gasteiger partial charge in [0.25, 0.3) is 10.0 Å². The first-order valence-corrected chi connectivity index (χ1v) is 10.0. The van der Waals surface area contributed by atoms with E-state index in [0.717, 1.165) is 24.1 Å². The molecular formula is C18H17ClN2O3S. The maximum Gasteiger partial charge on any atom is 0.261 e. The summed E-state index contributed by atoms with van der Waals surface area (Å²) < 4.78 is 27.7. The van der Waals surface area contributed by atoms with E-state index in [-0.39, 0.29) is 16.7 Å². The molecule has 1 fully saturated rings. The Bertz CT molecular complexity index is 937. The molecule has 1 saturated carbocycles. The molecule has 1 aliphatic heterocycles. The van der Waals surface area contributed by atoms with Crippen molar-refractivity contribution in [3.63, 3.8) is 0 Å². The Labute approximate surface area is 151 Å². The normalized spacial score (nSPS) is 16.6. The van der Waals surface area contributed by atoms with Gasteiger partial charge in [0.15, 0.2) is 0 Å². The van der Waals surface area contributed by atoms with E-state index in [9.17, 15) is 13.2 Å². The largest absolute Gasteiger partial charge is 0.312 e. The molecule has 25 heavy (non-hydrogen) atoms. The summed E-state index contributed by atoms with van der Waals surface area (Å²) in [5, 5.41) is 0.542. The van der Waals surface area contributed by atoms with E-state index in [1.807, 2.05) is 0 Å². The summed E-state index contributed by atoms with van der Waals surface area (Å²) >= 11 is 5.82. The van der Waals surface area contributed by atoms with Crippen LogP contribution >= 0.6 is 11.6 Å². The zero-order valence-electron chi connectivity index (χ0n) is 13.4. The van der Waals surface area contributed by atoms with Crippen LogP contribution in [0.4, 0.5) is 11.4 Å². The molecule has 1 heterocycles. The van der Waals surface area contributed by atoms with Crippen molar-refractivity contribution in [1.29, 1.82) is 0 Å². The highest BCUT2D eigenvalue weighted by Gasteiger charge is 2.36. The van der Waals surface area contributed by atoms with Crippen LogP contribution in [0, 0.1) is 5.92 Å². The molecule has 0 saturated heterocycles. The van der Waals surface area contributed by atoms with Crippen LogP contribution in [0.15, 0.2) is 47.4 Å². The van der Waals surface area contributed by atoms with E-state index in [1.165, 1.54) is 0 Å². The predicted octanol–water partition coefficient (Wildman–Crippen LogP) is 3.44. The lowest BCUT2D eigenvalue weighted by Crippen LogP contribution is -2.30. The minimum absolute atomic E-state index is 0.154. The highest BCUT2D eigenvalue weighted by Crippen LogP contribution is 2.37. The first-order valence-electron chi connectivity index (χ1n) is 8.17. The maximum absolute atomic E-state index is 12.6. The van der Waals surface area contributed by atoms with Crippen molar-refractivity contribution >= 4 is 38.9 Å². The van der Waals surface area contributed by atoms with Gasteiger partial charge in [-0.2, -0.15) is 0 Å². The molecule has 130 valence electrons. The molecule has 0 atom stereocenters. The standard InChI is InChI=1S/C18H17ClN2O3S/c19-14-3-5-15(6-4-14)20-25(23,24)16-7-8-17-13(11-16)9-10-21(17)18(22)12-1-2-12/h3-8,11-12,20H,1-2,9-10H2. The van der Waals surface area contributed by atoms with Crippen molar-refractivity contribution in [2.75, 3.05) is 16.2 Å². The lowest BCUT2D eigenvalue weighted by atomic mass is 10.2. The smallest absolute Gasteiger partial charge is 0.261 e. The van der Waals surface area contributed by atoms with Gasteiger partial charge in [-0.25, -0.2) is 8.42 Å². The molecule has 1 amide bonds. The Kier molecular flexibility index (Phi) is 3.96. The topological polar surface area (TPSA) is 66.5 Å². The van der Waals surface area contributed by atoms with Gasteiger partial charge in [-0.05, 0) is 67.3 Å². The van der Waals surface area contributed by atoms with Gasteiger partial charge in [0.1, 0.15) is 0 Å². The van der Waals surface area contributed by atoms with Crippen LogP contribution in [0.25, 0.3) is 0 Å². The van der Waals surface area contributed by atoms with E-state index in [0.29, 0.717) is 23.7 Å². The number of amides is 1. The van der Waals surface area contributed by atoms with Crippen molar-refractivity contribution in [1.82, 2.24) is 0 Å². The lowest BCUT2D eigenvalue weighted by Gasteiger charge is -2.17. The molecule has 1 aliphatic carbocycles. The Hall–Kier alpha value is -2.05. The number of rotatable bonds is 4. The number of halogens is 1. The fraction of sp³-hybridized carbons (Fsp3) is 0.278. The molecule has 7 heteroatoms. The Balaban J connectivity index is 1.59. The van der Waals surface area contributed by atoms with Crippen LogP contribution < -0.4 is 9.62 Å². The first-order chi connectivity index (χ1) is 11.9. The number of sulfonamides is 1.